The van der Waals surface area contributed by atoms with Crippen molar-refractivity contribution in [2.24, 2.45) is 0 Å². The van der Waals surface area contributed by atoms with Gasteiger partial charge in [-0.2, -0.15) is 0 Å². The zero-order valence-electron chi connectivity index (χ0n) is 6.33. The van der Waals surface area contributed by atoms with E-state index < -0.39 is 0 Å². The number of halogens is 2. The van der Waals surface area contributed by atoms with Crippen LogP contribution in [0.4, 0.5) is 9.80 Å². The Hall–Kier alpha value is -0.210. The van der Waals surface area contributed by atoms with Crippen molar-refractivity contribution in [2.45, 2.75) is 3.74 Å². The lowest BCUT2D eigenvalue weighted by Crippen LogP contribution is -2.31. The lowest BCUT2D eigenvalue weighted by atomic mass is 10.7. The predicted molar refractivity (Wildman–Crippen MR) is 58.6 cm³/mol. The molecule has 0 unspecified atom stereocenters. The fourth-order valence-corrected chi connectivity index (χ4v) is 1.29. The van der Waals surface area contributed by atoms with E-state index in [2.05, 4.69) is 52.1 Å². The Morgan fingerprint density at radius 3 is 3.00 bits per heavy atom. The summed E-state index contributed by atoms with van der Waals surface area (Å²) in [7, 11) is 0. The molecular weight excluding hydrogens is 324 g/mol. The van der Waals surface area contributed by atoms with Gasteiger partial charge in [0, 0.05) is 18.1 Å². The summed E-state index contributed by atoms with van der Waals surface area (Å²) in [6.45, 7) is 0.498. The first-order valence-electron chi connectivity index (χ1n) is 3.29. The average Bonchev–Trinajstić information content (AvgIpc) is 2.53. The summed E-state index contributed by atoms with van der Waals surface area (Å²) >= 11 is 7.59. The average molecular weight is 330 g/mol. The lowest BCUT2D eigenvalue weighted by Gasteiger charge is -2.04. The molecule has 0 aliphatic rings. The summed E-state index contributed by atoms with van der Waals surface area (Å²) in [5.41, 5.74) is 0. The number of nitrogens with zero attached hydrogens (tertiary/aromatic N) is 2. The first-order valence-corrected chi connectivity index (χ1v) is 5.89. The monoisotopic (exact) mass is 328 g/mol. The Bertz CT molecular complexity index is 266. The summed E-state index contributed by atoms with van der Waals surface area (Å²) < 4.78 is 3.68. The van der Waals surface area contributed by atoms with E-state index in [1.54, 1.807) is 0 Å². The number of anilines is 1. The summed E-state index contributed by atoms with van der Waals surface area (Å²) in [4.78, 5) is 11.1. The molecule has 0 aliphatic carbocycles. The van der Waals surface area contributed by atoms with Gasteiger partial charge in [-0.1, -0.05) is 36.3 Å². The van der Waals surface area contributed by atoms with E-state index in [1.165, 1.54) is 6.20 Å². The third kappa shape index (κ3) is 4.53. The number of urea groups is 1. The fraction of sp³-hybridized carbons (Fsp3) is 0.400. The molecule has 0 aliphatic heterocycles. The van der Waals surface area contributed by atoms with Crippen LogP contribution in [0.2, 0.25) is 0 Å². The van der Waals surface area contributed by atoms with E-state index in [1.807, 2.05) is 0 Å². The largest absolute Gasteiger partial charge is 0.336 e. The number of rotatable bonds is 3. The number of hydrogen-bond acceptors (Lipinski definition) is 4. The molecule has 0 atom stereocenters. The summed E-state index contributed by atoms with van der Waals surface area (Å²) in [6, 6.07) is -0.269. The maximum absolute atomic E-state index is 11.1. The first-order chi connectivity index (χ1) is 6.18. The highest BCUT2D eigenvalue weighted by molar-refractivity contribution is 9.24. The molecule has 2 N–H and O–H groups in total. The SMILES string of the molecule is O=C(NCC(Br)Br)Nc1cnns1. The number of carbonyl (C=O) groups is 1. The molecule has 13 heavy (non-hydrogen) atoms. The first kappa shape index (κ1) is 10.9. The Kier molecular flexibility index (Phi) is 4.60. The topological polar surface area (TPSA) is 66.9 Å². The van der Waals surface area contributed by atoms with E-state index in [4.69, 9.17) is 0 Å². The molecule has 5 nitrogen and oxygen atoms in total. The zero-order chi connectivity index (χ0) is 9.68. The molecule has 0 bridgehead atoms. The standard InChI is InChI=1S/C5H6Br2N4OS/c6-3(7)1-8-5(12)10-4-2-9-11-13-4/h2-3H,1H2,(H2,8,10,12). The molecule has 72 valence electrons. The molecule has 0 saturated carbocycles. The Morgan fingerprint density at radius 2 is 2.46 bits per heavy atom. The number of carbonyl (C=O) groups excluding carboxylic acids is 1. The van der Waals surface area contributed by atoms with Crippen molar-refractivity contribution in [3.8, 4) is 0 Å². The number of nitrogens with one attached hydrogen (secondary N) is 2. The number of amides is 2. The van der Waals surface area contributed by atoms with Gasteiger partial charge in [-0.15, -0.1) is 5.10 Å². The van der Waals surface area contributed by atoms with Gasteiger partial charge in [0.1, 0.15) is 5.00 Å². The minimum absolute atomic E-state index is 0.0744. The Balaban J connectivity index is 2.26. The molecule has 0 saturated heterocycles. The van der Waals surface area contributed by atoms with Crippen LogP contribution in [0, 0.1) is 0 Å². The van der Waals surface area contributed by atoms with Crippen LogP contribution in [-0.4, -0.2) is 25.9 Å². The Morgan fingerprint density at radius 1 is 1.69 bits per heavy atom. The summed E-state index contributed by atoms with van der Waals surface area (Å²) in [5.74, 6) is 0. The molecule has 1 heterocycles. The normalized spacial score (nSPS) is 10.1. The van der Waals surface area contributed by atoms with E-state index >= 15 is 0 Å². The minimum Gasteiger partial charge on any atom is -0.336 e. The van der Waals surface area contributed by atoms with Crippen LogP contribution in [0.15, 0.2) is 6.20 Å². The lowest BCUT2D eigenvalue weighted by molar-refractivity contribution is 0.252. The van der Waals surface area contributed by atoms with Crippen LogP contribution in [0.5, 0.6) is 0 Å². The van der Waals surface area contributed by atoms with Crippen molar-refractivity contribution in [1.29, 1.82) is 0 Å². The molecule has 8 heteroatoms. The maximum Gasteiger partial charge on any atom is 0.319 e. The van der Waals surface area contributed by atoms with E-state index in [9.17, 15) is 4.79 Å². The fourth-order valence-electron chi connectivity index (χ4n) is 0.548. The van der Waals surface area contributed by atoms with Gasteiger partial charge < -0.3 is 5.32 Å². The number of hydrogen-bond donors (Lipinski definition) is 2. The highest BCUT2D eigenvalue weighted by Crippen LogP contribution is 2.09. The van der Waals surface area contributed by atoms with E-state index in [-0.39, 0.29) is 9.77 Å². The van der Waals surface area contributed by atoms with E-state index in [0.717, 1.165) is 11.5 Å². The van der Waals surface area contributed by atoms with Gasteiger partial charge in [0.25, 0.3) is 0 Å². The number of aromatic nitrogens is 2. The Labute approximate surface area is 95.7 Å². The third-order valence-electron chi connectivity index (χ3n) is 1.01. The summed E-state index contributed by atoms with van der Waals surface area (Å²) in [6.07, 6.45) is 1.49. The van der Waals surface area contributed by atoms with Crippen LogP contribution < -0.4 is 10.6 Å². The van der Waals surface area contributed by atoms with Gasteiger partial charge in [0.15, 0.2) is 0 Å². The molecule has 0 spiro atoms. The second-order valence-electron chi connectivity index (χ2n) is 2.01. The smallest absolute Gasteiger partial charge is 0.319 e. The van der Waals surface area contributed by atoms with Crippen LogP contribution in [0.1, 0.15) is 0 Å². The van der Waals surface area contributed by atoms with Gasteiger partial charge in [0.2, 0.25) is 0 Å². The highest BCUT2D eigenvalue weighted by Gasteiger charge is 2.04. The molecule has 0 radical (unpaired) electrons. The van der Waals surface area contributed by atoms with Crippen molar-refractivity contribution in [1.82, 2.24) is 14.9 Å². The second kappa shape index (κ2) is 5.51. The quantitative estimate of drug-likeness (QED) is 0.831. The third-order valence-corrected chi connectivity index (χ3v) is 2.24. The van der Waals surface area contributed by atoms with Crippen LogP contribution >= 0.6 is 43.4 Å². The minimum atomic E-state index is -0.269. The molecular formula is C5H6Br2N4OS. The highest BCUT2D eigenvalue weighted by atomic mass is 79.9. The molecule has 0 fully saturated rings. The van der Waals surface area contributed by atoms with Gasteiger partial charge in [-0.25, -0.2) is 4.79 Å². The van der Waals surface area contributed by atoms with Crippen LogP contribution in [0.25, 0.3) is 0 Å². The molecule has 1 aromatic rings. The van der Waals surface area contributed by atoms with Crippen LogP contribution in [-0.2, 0) is 0 Å². The van der Waals surface area contributed by atoms with Crippen LogP contribution in [0.3, 0.4) is 0 Å². The van der Waals surface area contributed by atoms with Gasteiger partial charge in [0.05, 0.1) is 9.93 Å². The molecule has 2 amide bonds. The van der Waals surface area contributed by atoms with Crippen molar-refractivity contribution in [3.05, 3.63) is 6.20 Å². The van der Waals surface area contributed by atoms with Crippen molar-refractivity contribution >= 4 is 54.4 Å². The molecule has 1 rings (SSSR count). The molecule has 0 aromatic carbocycles. The summed E-state index contributed by atoms with van der Waals surface area (Å²) in [5, 5.41) is 9.41. The van der Waals surface area contributed by atoms with Gasteiger partial charge in [-0.3, -0.25) is 5.32 Å². The van der Waals surface area contributed by atoms with Crippen molar-refractivity contribution in [3.63, 3.8) is 0 Å². The maximum atomic E-state index is 11.1. The number of alkyl halides is 2. The van der Waals surface area contributed by atoms with Gasteiger partial charge in [-0.05, 0) is 0 Å². The molecule has 1 aromatic heterocycles. The van der Waals surface area contributed by atoms with Crippen molar-refractivity contribution in [2.75, 3.05) is 11.9 Å². The van der Waals surface area contributed by atoms with Gasteiger partial charge >= 0.3 is 6.03 Å². The zero-order valence-corrected chi connectivity index (χ0v) is 10.3. The second-order valence-corrected chi connectivity index (χ2v) is 6.23. The van der Waals surface area contributed by atoms with Crippen molar-refractivity contribution < 1.29 is 4.79 Å². The predicted octanol–water partition coefficient (Wildman–Crippen LogP) is 1.78. The van der Waals surface area contributed by atoms with E-state index in [0.29, 0.717) is 11.5 Å².